The van der Waals surface area contributed by atoms with Crippen LogP contribution in [0.4, 0.5) is 17.1 Å². The highest BCUT2D eigenvalue weighted by Gasteiger charge is 2.29. The van der Waals surface area contributed by atoms with E-state index in [9.17, 15) is 9.59 Å². The third-order valence-corrected chi connectivity index (χ3v) is 6.81. The molecule has 1 aliphatic carbocycles. The number of aryl methyl sites for hydroxylation is 2. The zero-order valence-electron chi connectivity index (χ0n) is 17.2. The van der Waals surface area contributed by atoms with Crippen LogP contribution in [0.5, 0.6) is 0 Å². The number of carbonyl (C=O) groups is 2. The maximum Gasteiger partial charge on any atom is 0.241 e. The van der Waals surface area contributed by atoms with E-state index in [1.165, 1.54) is 22.9 Å². The van der Waals surface area contributed by atoms with Gasteiger partial charge in [0, 0.05) is 16.5 Å². The molecule has 1 heterocycles. The number of carbonyl (C=O) groups excluding carboxylic acids is 2. The minimum absolute atomic E-state index is 0.0675. The van der Waals surface area contributed by atoms with Gasteiger partial charge in [-0.05, 0) is 73.2 Å². The molecule has 1 fully saturated rings. The van der Waals surface area contributed by atoms with Gasteiger partial charge in [0.05, 0.1) is 17.1 Å². The minimum atomic E-state index is 0.0675. The first kappa shape index (κ1) is 19.9. The molecule has 0 saturated heterocycles. The second-order valence-electron chi connectivity index (χ2n) is 8.06. The van der Waals surface area contributed by atoms with Gasteiger partial charge in [0.2, 0.25) is 11.8 Å². The SMILES string of the molecule is O=C(Nc1ccc(SCC(=O)N2c3ccccc3CCc3ccccc32)cc1)C1CC1. The Balaban J connectivity index is 1.32. The lowest BCUT2D eigenvalue weighted by Gasteiger charge is -2.25. The Morgan fingerprint density at radius 1 is 0.839 bits per heavy atom. The summed E-state index contributed by atoms with van der Waals surface area (Å²) in [5.41, 5.74) is 5.18. The van der Waals surface area contributed by atoms with Crippen molar-refractivity contribution in [1.82, 2.24) is 0 Å². The number of rotatable bonds is 5. The normalized spacial score (nSPS) is 14.9. The number of thioether (sulfide) groups is 1. The maximum atomic E-state index is 13.4. The van der Waals surface area contributed by atoms with E-state index in [4.69, 9.17) is 0 Å². The summed E-state index contributed by atoms with van der Waals surface area (Å²) in [7, 11) is 0. The molecule has 3 aromatic rings. The van der Waals surface area contributed by atoms with Crippen LogP contribution in [-0.4, -0.2) is 17.6 Å². The van der Waals surface area contributed by atoms with Crippen LogP contribution in [0.3, 0.4) is 0 Å². The number of hydrogen-bond donors (Lipinski definition) is 1. The molecule has 2 aliphatic rings. The van der Waals surface area contributed by atoms with Crippen molar-refractivity contribution in [2.45, 2.75) is 30.6 Å². The summed E-state index contributed by atoms with van der Waals surface area (Å²) >= 11 is 1.52. The van der Waals surface area contributed by atoms with Crippen molar-refractivity contribution in [3.8, 4) is 0 Å². The summed E-state index contributed by atoms with van der Waals surface area (Å²) < 4.78 is 0. The molecule has 0 aromatic heterocycles. The summed E-state index contributed by atoms with van der Waals surface area (Å²) in [6, 6.07) is 24.1. The standard InChI is InChI=1S/C26H24N2O2S/c29-25(17-31-22-15-13-21(14-16-22)27-26(30)20-11-12-20)28-23-7-3-1-5-18(23)9-10-19-6-2-4-8-24(19)28/h1-8,13-16,20H,9-12,17H2,(H,27,30). The fourth-order valence-electron chi connectivity index (χ4n) is 3.98. The van der Waals surface area contributed by atoms with E-state index >= 15 is 0 Å². The van der Waals surface area contributed by atoms with E-state index in [0.29, 0.717) is 5.75 Å². The van der Waals surface area contributed by atoms with E-state index in [1.807, 2.05) is 65.6 Å². The molecule has 0 unspecified atom stereocenters. The van der Waals surface area contributed by atoms with Gasteiger partial charge in [-0.2, -0.15) is 0 Å². The van der Waals surface area contributed by atoms with Gasteiger partial charge in [-0.1, -0.05) is 36.4 Å². The van der Waals surface area contributed by atoms with Crippen molar-refractivity contribution in [2.75, 3.05) is 16.0 Å². The van der Waals surface area contributed by atoms with Gasteiger partial charge in [-0.3, -0.25) is 14.5 Å². The number of nitrogens with one attached hydrogen (secondary N) is 1. The fourth-order valence-corrected chi connectivity index (χ4v) is 4.73. The van der Waals surface area contributed by atoms with Crippen LogP contribution in [0.25, 0.3) is 0 Å². The van der Waals surface area contributed by atoms with E-state index in [1.54, 1.807) is 0 Å². The lowest BCUT2D eigenvalue weighted by atomic mass is 10.0. The smallest absolute Gasteiger partial charge is 0.241 e. The van der Waals surface area contributed by atoms with Gasteiger partial charge < -0.3 is 5.32 Å². The molecule has 0 bridgehead atoms. The third kappa shape index (κ3) is 4.37. The Morgan fingerprint density at radius 3 is 2.00 bits per heavy atom. The molecule has 5 heteroatoms. The Labute approximate surface area is 186 Å². The van der Waals surface area contributed by atoms with Crippen molar-refractivity contribution in [2.24, 2.45) is 5.92 Å². The first-order valence-electron chi connectivity index (χ1n) is 10.7. The Morgan fingerprint density at radius 2 is 1.42 bits per heavy atom. The van der Waals surface area contributed by atoms with Crippen molar-refractivity contribution in [1.29, 1.82) is 0 Å². The second kappa shape index (κ2) is 8.60. The predicted octanol–water partition coefficient (Wildman–Crippen LogP) is 5.59. The molecule has 1 N–H and O–H groups in total. The fraction of sp³-hybridized carbons (Fsp3) is 0.231. The van der Waals surface area contributed by atoms with Crippen molar-refractivity contribution >= 4 is 40.6 Å². The summed E-state index contributed by atoms with van der Waals surface area (Å²) in [5.74, 6) is 0.703. The molecule has 1 saturated carbocycles. The van der Waals surface area contributed by atoms with Gasteiger partial charge in [-0.25, -0.2) is 0 Å². The lowest BCUT2D eigenvalue weighted by Crippen LogP contribution is -2.28. The second-order valence-corrected chi connectivity index (χ2v) is 9.11. The van der Waals surface area contributed by atoms with Gasteiger partial charge >= 0.3 is 0 Å². The zero-order valence-corrected chi connectivity index (χ0v) is 18.0. The maximum absolute atomic E-state index is 13.4. The molecule has 4 nitrogen and oxygen atoms in total. The van der Waals surface area contributed by atoms with Crippen LogP contribution in [0, 0.1) is 5.92 Å². The molecular weight excluding hydrogens is 404 g/mol. The topological polar surface area (TPSA) is 49.4 Å². The predicted molar refractivity (Wildman–Crippen MR) is 126 cm³/mol. The molecule has 2 amide bonds. The number of anilines is 3. The van der Waals surface area contributed by atoms with Crippen LogP contribution in [-0.2, 0) is 22.4 Å². The first-order valence-corrected chi connectivity index (χ1v) is 11.7. The van der Waals surface area contributed by atoms with Gasteiger partial charge in [-0.15, -0.1) is 11.8 Å². The van der Waals surface area contributed by atoms with Gasteiger partial charge in [0.1, 0.15) is 0 Å². The molecule has 0 radical (unpaired) electrons. The molecule has 0 atom stereocenters. The quantitative estimate of drug-likeness (QED) is 0.539. The van der Waals surface area contributed by atoms with E-state index < -0.39 is 0 Å². The van der Waals surface area contributed by atoms with Crippen LogP contribution >= 0.6 is 11.8 Å². The minimum Gasteiger partial charge on any atom is -0.326 e. The molecule has 5 rings (SSSR count). The van der Waals surface area contributed by atoms with E-state index in [2.05, 4.69) is 17.4 Å². The Bertz CT molecular complexity index is 1070. The number of benzene rings is 3. The molecule has 3 aromatic carbocycles. The summed E-state index contributed by atoms with van der Waals surface area (Å²) in [6.07, 6.45) is 3.84. The molecule has 31 heavy (non-hydrogen) atoms. The van der Waals surface area contributed by atoms with Crippen molar-refractivity contribution in [3.63, 3.8) is 0 Å². The number of hydrogen-bond acceptors (Lipinski definition) is 3. The average Bonchev–Trinajstić information content (AvgIpc) is 3.65. The molecule has 0 spiro atoms. The number of para-hydroxylation sites is 2. The summed E-state index contributed by atoms with van der Waals surface area (Å²) in [5, 5.41) is 2.95. The van der Waals surface area contributed by atoms with Crippen molar-refractivity contribution in [3.05, 3.63) is 83.9 Å². The number of nitrogens with zero attached hydrogens (tertiary/aromatic N) is 1. The highest BCUT2D eigenvalue weighted by molar-refractivity contribution is 8.00. The largest absolute Gasteiger partial charge is 0.326 e. The zero-order chi connectivity index (χ0) is 21.2. The lowest BCUT2D eigenvalue weighted by molar-refractivity contribution is -0.117. The highest BCUT2D eigenvalue weighted by atomic mass is 32.2. The number of fused-ring (bicyclic) bond motifs is 2. The summed E-state index contributed by atoms with van der Waals surface area (Å²) in [6.45, 7) is 0. The van der Waals surface area contributed by atoms with Gasteiger partial charge in [0.15, 0.2) is 0 Å². The van der Waals surface area contributed by atoms with Gasteiger partial charge in [0.25, 0.3) is 0 Å². The van der Waals surface area contributed by atoms with Crippen LogP contribution in [0.1, 0.15) is 24.0 Å². The molecular formula is C26H24N2O2S. The van der Waals surface area contributed by atoms with E-state index in [-0.39, 0.29) is 17.7 Å². The monoisotopic (exact) mass is 428 g/mol. The highest BCUT2D eigenvalue weighted by Crippen LogP contribution is 2.37. The van der Waals surface area contributed by atoms with E-state index in [0.717, 1.165) is 47.6 Å². The molecule has 156 valence electrons. The Kier molecular flexibility index (Phi) is 5.51. The number of amides is 2. The van der Waals surface area contributed by atoms with Crippen LogP contribution in [0.15, 0.2) is 77.7 Å². The van der Waals surface area contributed by atoms with Crippen LogP contribution in [0.2, 0.25) is 0 Å². The third-order valence-electron chi connectivity index (χ3n) is 5.81. The summed E-state index contributed by atoms with van der Waals surface area (Å²) in [4.78, 5) is 28.2. The average molecular weight is 429 g/mol. The Hall–Kier alpha value is -3.05. The van der Waals surface area contributed by atoms with Crippen molar-refractivity contribution < 1.29 is 9.59 Å². The first-order chi connectivity index (χ1) is 15.2. The molecule has 1 aliphatic heterocycles. The van der Waals surface area contributed by atoms with Crippen LogP contribution < -0.4 is 10.2 Å².